The number of aliphatic carboxylic acids is 1. The van der Waals surface area contributed by atoms with E-state index in [-0.39, 0.29) is 12.6 Å². The first-order chi connectivity index (χ1) is 9.49. The number of urea groups is 1. The van der Waals surface area contributed by atoms with E-state index in [4.69, 9.17) is 0 Å². The number of nitrogens with one attached hydrogen (secondary N) is 1. The highest BCUT2D eigenvalue weighted by Gasteiger charge is 2.35. The van der Waals surface area contributed by atoms with Crippen molar-refractivity contribution in [1.29, 1.82) is 0 Å². The van der Waals surface area contributed by atoms with Gasteiger partial charge in [0.1, 0.15) is 0 Å². The van der Waals surface area contributed by atoms with Crippen LogP contribution in [0.3, 0.4) is 0 Å². The Balaban J connectivity index is 2.48. The number of piperazine rings is 1. The zero-order valence-electron chi connectivity index (χ0n) is 12.8. The Hall–Kier alpha value is -1.30. The second-order valence-corrected chi connectivity index (χ2v) is 5.37. The number of carboxylic acid groups (broad SMARTS) is 1. The van der Waals surface area contributed by atoms with E-state index in [0.717, 1.165) is 19.6 Å². The van der Waals surface area contributed by atoms with Crippen molar-refractivity contribution in [3.8, 4) is 0 Å². The lowest BCUT2D eigenvalue weighted by Gasteiger charge is -2.35. The molecule has 1 aliphatic rings. The van der Waals surface area contributed by atoms with Gasteiger partial charge in [-0.25, -0.2) is 4.79 Å². The molecule has 0 spiro atoms. The van der Waals surface area contributed by atoms with Gasteiger partial charge < -0.3 is 20.2 Å². The summed E-state index contributed by atoms with van der Waals surface area (Å²) < 4.78 is 0. The lowest BCUT2D eigenvalue weighted by atomic mass is 9.82. The van der Waals surface area contributed by atoms with Gasteiger partial charge in [0.15, 0.2) is 0 Å². The summed E-state index contributed by atoms with van der Waals surface area (Å²) in [5.41, 5.74) is -0.846. The summed E-state index contributed by atoms with van der Waals surface area (Å²) in [6.45, 7) is 10.2. The predicted molar refractivity (Wildman–Crippen MR) is 77.7 cm³/mol. The number of likely N-dealkylation sites (N-methyl/N-ethyl adjacent to an activating group) is 1. The SMILES string of the molecule is CCN1CCN(C(=O)NCC(CC)(CC)C(=O)O)CC1. The van der Waals surface area contributed by atoms with Crippen LogP contribution in [0.2, 0.25) is 0 Å². The van der Waals surface area contributed by atoms with Crippen LogP contribution in [-0.2, 0) is 4.79 Å². The smallest absolute Gasteiger partial charge is 0.317 e. The number of amides is 2. The first-order valence-corrected chi connectivity index (χ1v) is 7.47. The van der Waals surface area contributed by atoms with Crippen molar-refractivity contribution in [3.05, 3.63) is 0 Å². The number of hydrogen-bond donors (Lipinski definition) is 2. The molecule has 0 bridgehead atoms. The van der Waals surface area contributed by atoms with Gasteiger partial charge in [0.25, 0.3) is 0 Å². The first-order valence-electron chi connectivity index (χ1n) is 7.47. The highest BCUT2D eigenvalue weighted by atomic mass is 16.4. The zero-order valence-corrected chi connectivity index (χ0v) is 12.8. The summed E-state index contributed by atoms with van der Waals surface area (Å²) in [5.74, 6) is -0.835. The van der Waals surface area contributed by atoms with Gasteiger partial charge >= 0.3 is 12.0 Å². The Morgan fingerprint density at radius 1 is 1.10 bits per heavy atom. The number of carboxylic acids is 1. The molecule has 1 saturated heterocycles. The number of hydrogen-bond acceptors (Lipinski definition) is 3. The van der Waals surface area contributed by atoms with E-state index >= 15 is 0 Å². The average Bonchev–Trinajstić information content (AvgIpc) is 2.48. The van der Waals surface area contributed by atoms with Gasteiger partial charge in [-0.15, -0.1) is 0 Å². The summed E-state index contributed by atoms with van der Waals surface area (Å²) in [6.07, 6.45) is 1.03. The molecule has 0 aliphatic carbocycles. The molecule has 6 heteroatoms. The molecule has 0 unspecified atom stereocenters. The maximum absolute atomic E-state index is 12.1. The van der Waals surface area contributed by atoms with Crippen molar-refractivity contribution in [3.63, 3.8) is 0 Å². The maximum Gasteiger partial charge on any atom is 0.317 e. The minimum absolute atomic E-state index is 0.145. The van der Waals surface area contributed by atoms with Crippen LogP contribution in [0.1, 0.15) is 33.6 Å². The number of rotatable bonds is 6. The molecular formula is C14H27N3O3. The van der Waals surface area contributed by atoms with Crippen LogP contribution in [0, 0.1) is 5.41 Å². The van der Waals surface area contributed by atoms with Crippen LogP contribution in [0.4, 0.5) is 4.79 Å². The van der Waals surface area contributed by atoms with Gasteiger partial charge in [0, 0.05) is 32.7 Å². The van der Waals surface area contributed by atoms with Gasteiger partial charge in [-0.05, 0) is 19.4 Å². The molecule has 0 aromatic carbocycles. The van der Waals surface area contributed by atoms with Crippen LogP contribution in [-0.4, -0.2) is 66.2 Å². The van der Waals surface area contributed by atoms with E-state index in [2.05, 4.69) is 17.1 Å². The maximum atomic E-state index is 12.1. The van der Waals surface area contributed by atoms with Gasteiger partial charge in [-0.1, -0.05) is 20.8 Å². The lowest BCUT2D eigenvalue weighted by molar-refractivity contribution is -0.149. The fourth-order valence-corrected chi connectivity index (χ4v) is 2.50. The minimum atomic E-state index is -0.846. The minimum Gasteiger partial charge on any atom is -0.481 e. The molecule has 1 heterocycles. The standard InChI is InChI=1S/C14H27N3O3/c1-4-14(5-2,12(18)19)11-15-13(20)17-9-7-16(6-3)8-10-17/h4-11H2,1-3H3,(H,15,20)(H,18,19). The molecule has 6 nitrogen and oxygen atoms in total. The molecule has 0 aromatic rings. The Kier molecular flexibility index (Phi) is 6.26. The average molecular weight is 285 g/mol. The van der Waals surface area contributed by atoms with Gasteiger partial charge in [0.2, 0.25) is 0 Å². The van der Waals surface area contributed by atoms with E-state index in [1.807, 2.05) is 13.8 Å². The van der Waals surface area contributed by atoms with Crippen LogP contribution >= 0.6 is 0 Å². The molecule has 2 amide bonds. The van der Waals surface area contributed by atoms with Crippen LogP contribution < -0.4 is 5.32 Å². The van der Waals surface area contributed by atoms with Crippen LogP contribution in [0.5, 0.6) is 0 Å². The Labute approximate surface area is 121 Å². The summed E-state index contributed by atoms with van der Waals surface area (Å²) in [6, 6.07) is -0.145. The quantitative estimate of drug-likeness (QED) is 0.770. The molecule has 0 atom stereocenters. The Bertz CT molecular complexity index is 335. The van der Waals surface area contributed by atoms with Crippen molar-refractivity contribution in [2.45, 2.75) is 33.6 Å². The first kappa shape index (κ1) is 16.8. The van der Waals surface area contributed by atoms with E-state index in [9.17, 15) is 14.7 Å². The fourth-order valence-electron chi connectivity index (χ4n) is 2.50. The monoisotopic (exact) mass is 285 g/mol. The van der Waals surface area contributed by atoms with Gasteiger partial charge in [-0.3, -0.25) is 4.79 Å². The van der Waals surface area contributed by atoms with Crippen molar-refractivity contribution in [2.24, 2.45) is 5.41 Å². The van der Waals surface area contributed by atoms with Crippen LogP contribution in [0.25, 0.3) is 0 Å². The summed E-state index contributed by atoms with van der Waals surface area (Å²) >= 11 is 0. The van der Waals surface area contributed by atoms with Crippen molar-refractivity contribution >= 4 is 12.0 Å². The van der Waals surface area contributed by atoms with E-state index < -0.39 is 11.4 Å². The summed E-state index contributed by atoms with van der Waals surface area (Å²) in [4.78, 5) is 27.5. The third kappa shape index (κ3) is 3.85. The van der Waals surface area contributed by atoms with E-state index in [0.29, 0.717) is 25.9 Å². The molecule has 1 rings (SSSR count). The van der Waals surface area contributed by atoms with Crippen molar-refractivity contribution in [2.75, 3.05) is 39.3 Å². The lowest BCUT2D eigenvalue weighted by Crippen LogP contribution is -2.53. The Morgan fingerprint density at radius 3 is 2.05 bits per heavy atom. The van der Waals surface area contributed by atoms with Crippen LogP contribution in [0.15, 0.2) is 0 Å². The van der Waals surface area contributed by atoms with E-state index in [1.54, 1.807) is 4.90 Å². The zero-order chi connectivity index (χ0) is 15.2. The van der Waals surface area contributed by atoms with E-state index in [1.165, 1.54) is 0 Å². The predicted octanol–water partition coefficient (Wildman–Crippen LogP) is 1.22. The molecule has 1 fully saturated rings. The fraction of sp³-hybridized carbons (Fsp3) is 0.857. The molecular weight excluding hydrogens is 258 g/mol. The highest BCUT2D eigenvalue weighted by molar-refractivity contribution is 5.78. The molecule has 2 N–H and O–H groups in total. The number of carbonyl (C=O) groups excluding carboxylic acids is 1. The summed E-state index contributed by atoms with van der Waals surface area (Å²) in [5, 5.41) is 12.1. The molecule has 116 valence electrons. The normalized spacial score (nSPS) is 17.1. The third-order valence-corrected chi connectivity index (χ3v) is 4.49. The third-order valence-electron chi connectivity index (χ3n) is 4.49. The molecule has 1 aliphatic heterocycles. The Morgan fingerprint density at radius 2 is 1.65 bits per heavy atom. The van der Waals surface area contributed by atoms with Gasteiger partial charge in [0.05, 0.1) is 5.41 Å². The second-order valence-electron chi connectivity index (χ2n) is 5.37. The van der Waals surface area contributed by atoms with Gasteiger partial charge in [-0.2, -0.15) is 0 Å². The van der Waals surface area contributed by atoms with Crippen molar-refractivity contribution < 1.29 is 14.7 Å². The highest BCUT2D eigenvalue weighted by Crippen LogP contribution is 2.25. The second kappa shape index (κ2) is 7.47. The number of nitrogens with zero attached hydrogens (tertiary/aromatic N) is 2. The van der Waals surface area contributed by atoms with Crippen molar-refractivity contribution in [1.82, 2.24) is 15.1 Å². The molecule has 0 aromatic heterocycles. The number of carbonyl (C=O) groups is 2. The molecule has 0 saturated carbocycles. The molecule has 20 heavy (non-hydrogen) atoms. The largest absolute Gasteiger partial charge is 0.481 e. The molecule has 0 radical (unpaired) electrons. The topological polar surface area (TPSA) is 72.9 Å². The summed E-state index contributed by atoms with van der Waals surface area (Å²) in [7, 11) is 0.